The molecule has 1 heterocycles. The second-order valence-corrected chi connectivity index (χ2v) is 5.27. The maximum atomic E-state index is 12.8. The van der Waals surface area contributed by atoms with Crippen LogP contribution < -0.4 is 10.6 Å². The molecule has 1 unspecified atom stereocenters. The Labute approximate surface area is 121 Å². The average molecular weight is 299 g/mol. The van der Waals surface area contributed by atoms with E-state index in [1.54, 1.807) is 0 Å². The molecule has 1 aliphatic rings. The maximum absolute atomic E-state index is 12.8. The van der Waals surface area contributed by atoms with Crippen LogP contribution in [0.15, 0.2) is 24.3 Å². The highest BCUT2D eigenvalue weighted by Gasteiger charge is 2.33. The molecule has 1 N–H and O–H groups in total. The molecular formula is C15H18F3N2O. The molecule has 115 valence electrons. The Morgan fingerprint density at radius 3 is 2.76 bits per heavy atom. The van der Waals surface area contributed by atoms with E-state index in [1.165, 1.54) is 18.2 Å². The van der Waals surface area contributed by atoms with Gasteiger partial charge in [-0.15, -0.1) is 0 Å². The molecule has 0 aliphatic carbocycles. The number of nitrogens with one attached hydrogen (secondary N) is 1. The summed E-state index contributed by atoms with van der Waals surface area (Å²) in [5.41, 5.74) is -0.991. The van der Waals surface area contributed by atoms with Crippen LogP contribution in [0.1, 0.15) is 31.2 Å². The molecule has 3 nitrogen and oxygen atoms in total. The summed E-state index contributed by atoms with van der Waals surface area (Å²) in [7, 11) is 0. The first kappa shape index (κ1) is 15.8. The standard InChI is InChI=1S/C15H18F3N2O/c16-15(17,18)12-5-1-2-6-13(12)20-14(21)8-7-11-4-3-9-19-10-11/h1-2,5-6,11H,3-4,7-10H2,(H,20,21). The van der Waals surface area contributed by atoms with Crippen LogP contribution in [0, 0.1) is 5.92 Å². The number of hydrogen-bond acceptors (Lipinski definition) is 1. The van der Waals surface area contributed by atoms with Crippen LogP contribution >= 0.6 is 0 Å². The van der Waals surface area contributed by atoms with E-state index in [0.717, 1.165) is 32.0 Å². The quantitative estimate of drug-likeness (QED) is 0.909. The Bertz CT molecular complexity index is 482. The van der Waals surface area contributed by atoms with Crippen LogP contribution in [-0.2, 0) is 11.0 Å². The summed E-state index contributed by atoms with van der Waals surface area (Å²) in [6, 6.07) is 5.03. The number of para-hydroxylation sites is 1. The Morgan fingerprint density at radius 1 is 1.33 bits per heavy atom. The maximum Gasteiger partial charge on any atom is 0.418 e. The number of rotatable bonds is 4. The first-order valence-electron chi connectivity index (χ1n) is 7.06. The van der Waals surface area contributed by atoms with Crippen LogP contribution in [0.3, 0.4) is 0 Å². The lowest BCUT2D eigenvalue weighted by Crippen LogP contribution is -2.25. The predicted octanol–water partition coefficient (Wildman–Crippen LogP) is 3.44. The topological polar surface area (TPSA) is 43.2 Å². The third-order valence-corrected chi connectivity index (χ3v) is 3.60. The second-order valence-electron chi connectivity index (χ2n) is 5.27. The van der Waals surface area contributed by atoms with Crippen molar-refractivity contribution in [2.45, 2.75) is 31.9 Å². The van der Waals surface area contributed by atoms with Crippen LogP contribution in [0.5, 0.6) is 0 Å². The van der Waals surface area contributed by atoms with Gasteiger partial charge in [0.15, 0.2) is 0 Å². The second kappa shape index (κ2) is 6.93. The average Bonchev–Trinajstić information content (AvgIpc) is 2.46. The summed E-state index contributed by atoms with van der Waals surface area (Å²) >= 11 is 0. The van der Waals surface area contributed by atoms with Crippen molar-refractivity contribution >= 4 is 11.6 Å². The van der Waals surface area contributed by atoms with Gasteiger partial charge in [-0.05, 0) is 37.3 Å². The van der Waals surface area contributed by atoms with Gasteiger partial charge in [-0.2, -0.15) is 13.2 Å². The Morgan fingerprint density at radius 2 is 2.10 bits per heavy atom. The Kier molecular flexibility index (Phi) is 5.22. The van der Waals surface area contributed by atoms with E-state index in [9.17, 15) is 18.0 Å². The van der Waals surface area contributed by atoms with Crippen molar-refractivity contribution < 1.29 is 18.0 Å². The number of halogens is 3. The summed E-state index contributed by atoms with van der Waals surface area (Å²) in [5, 5.41) is 6.65. The minimum atomic E-state index is -4.47. The molecule has 0 saturated carbocycles. The number of carbonyl (C=O) groups excluding carboxylic acids is 1. The summed E-state index contributed by atoms with van der Waals surface area (Å²) in [5.74, 6) is -0.000339. The van der Waals surface area contributed by atoms with Gasteiger partial charge in [-0.25, -0.2) is 5.32 Å². The van der Waals surface area contributed by atoms with E-state index in [0.29, 0.717) is 12.3 Å². The van der Waals surface area contributed by atoms with Crippen molar-refractivity contribution in [1.29, 1.82) is 0 Å². The first-order chi connectivity index (χ1) is 9.97. The van der Waals surface area contributed by atoms with E-state index >= 15 is 0 Å². The van der Waals surface area contributed by atoms with Gasteiger partial charge in [-0.3, -0.25) is 4.79 Å². The van der Waals surface area contributed by atoms with Gasteiger partial charge in [0.2, 0.25) is 5.91 Å². The fraction of sp³-hybridized carbons (Fsp3) is 0.533. The third-order valence-electron chi connectivity index (χ3n) is 3.60. The minimum absolute atomic E-state index is 0.177. The van der Waals surface area contributed by atoms with Crippen molar-refractivity contribution in [3.05, 3.63) is 29.8 Å². The summed E-state index contributed by atoms with van der Waals surface area (Å²) in [4.78, 5) is 11.8. The Balaban J connectivity index is 1.90. The molecule has 1 aromatic carbocycles. The molecule has 0 aromatic heterocycles. The SMILES string of the molecule is O=C(CCC1CCC[N]C1)Nc1ccccc1C(F)(F)F. The molecule has 2 rings (SSSR count). The zero-order valence-electron chi connectivity index (χ0n) is 11.6. The van der Waals surface area contributed by atoms with Gasteiger partial charge >= 0.3 is 6.18 Å². The van der Waals surface area contributed by atoms with E-state index < -0.39 is 11.7 Å². The monoisotopic (exact) mass is 299 g/mol. The largest absolute Gasteiger partial charge is 0.418 e. The third kappa shape index (κ3) is 4.74. The van der Waals surface area contributed by atoms with E-state index in [-0.39, 0.29) is 18.0 Å². The van der Waals surface area contributed by atoms with E-state index in [2.05, 4.69) is 10.6 Å². The molecule has 0 spiro atoms. The number of alkyl halides is 3. The number of piperidine rings is 1. The normalized spacial score (nSPS) is 19.3. The fourth-order valence-corrected chi connectivity index (χ4v) is 2.48. The smallest absolute Gasteiger partial charge is 0.326 e. The van der Waals surface area contributed by atoms with E-state index in [1.807, 2.05) is 0 Å². The van der Waals surface area contributed by atoms with Crippen molar-refractivity contribution in [1.82, 2.24) is 5.32 Å². The predicted molar refractivity (Wildman–Crippen MR) is 73.9 cm³/mol. The number of nitrogens with zero attached hydrogens (tertiary/aromatic N) is 1. The molecule has 1 amide bonds. The highest BCUT2D eigenvalue weighted by Crippen LogP contribution is 2.34. The molecule has 1 atom stereocenters. The zero-order chi connectivity index (χ0) is 15.3. The van der Waals surface area contributed by atoms with Gasteiger partial charge < -0.3 is 5.32 Å². The first-order valence-corrected chi connectivity index (χ1v) is 7.06. The molecule has 1 radical (unpaired) electrons. The summed E-state index contributed by atoms with van der Waals surface area (Å²) < 4.78 is 38.4. The number of anilines is 1. The van der Waals surface area contributed by atoms with Gasteiger partial charge in [-0.1, -0.05) is 12.1 Å². The highest BCUT2D eigenvalue weighted by molar-refractivity contribution is 5.91. The van der Waals surface area contributed by atoms with Crippen molar-refractivity contribution in [2.75, 3.05) is 18.4 Å². The van der Waals surface area contributed by atoms with Gasteiger partial charge in [0.1, 0.15) is 0 Å². The number of amides is 1. The molecule has 1 fully saturated rings. The Hall–Kier alpha value is -1.56. The molecule has 1 saturated heterocycles. The molecule has 1 aromatic rings. The molecule has 21 heavy (non-hydrogen) atoms. The van der Waals surface area contributed by atoms with Crippen molar-refractivity contribution in [3.63, 3.8) is 0 Å². The van der Waals surface area contributed by atoms with Crippen LogP contribution in [-0.4, -0.2) is 19.0 Å². The number of benzene rings is 1. The molecule has 0 bridgehead atoms. The zero-order valence-corrected chi connectivity index (χ0v) is 11.6. The van der Waals surface area contributed by atoms with Crippen LogP contribution in [0.4, 0.5) is 18.9 Å². The van der Waals surface area contributed by atoms with E-state index in [4.69, 9.17) is 0 Å². The van der Waals surface area contributed by atoms with Crippen LogP contribution in [0.25, 0.3) is 0 Å². The fourth-order valence-electron chi connectivity index (χ4n) is 2.48. The van der Waals surface area contributed by atoms with Crippen molar-refractivity contribution in [3.8, 4) is 0 Å². The lowest BCUT2D eigenvalue weighted by molar-refractivity contribution is -0.137. The summed E-state index contributed by atoms with van der Waals surface area (Å²) in [6.07, 6.45) is -1.50. The lowest BCUT2D eigenvalue weighted by atomic mass is 9.94. The van der Waals surface area contributed by atoms with Crippen molar-refractivity contribution in [2.24, 2.45) is 5.92 Å². The van der Waals surface area contributed by atoms with Gasteiger partial charge in [0, 0.05) is 19.5 Å². The molecule has 1 aliphatic heterocycles. The van der Waals surface area contributed by atoms with Gasteiger partial charge in [0.05, 0.1) is 11.3 Å². The lowest BCUT2D eigenvalue weighted by Gasteiger charge is -2.21. The summed E-state index contributed by atoms with van der Waals surface area (Å²) in [6.45, 7) is 1.63. The number of hydrogen-bond donors (Lipinski definition) is 1. The van der Waals surface area contributed by atoms with Crippen LogP contribution in [0.2, 0.25) is 0 Å². The minimum Gasteiger partial charge on any atom is -0.326 e. The van der Waals surface area contributed by atoms with Gasteiger partial charge in [0.25, 0.3) is 0 Å². The highest BCUT2D eigenvalue weighted by atomic mass is 19.4. The molecule has 6 heteroatoms. The molecular weight excluding hydrogens is 281 g/mol. The number of carbonyl (C=O) groups is 1.